The number of benzene rings is 4. The molecule has 1 spiro atoms. The second-order valence-electron chi connectivity index (χ2n) is 9.49. The SMILES string of the molecule is CCOc1cc2ccc3c(c2cc1OC)N=CC1(O3)N(C)c2ccc3ccccc3c2C1(C)C. The van der Waals surface area contributed by atoms with Gasteiger partial charge in [-0.05, 0) is 66.8 Å². The molecule has 1 atom stereocenters. The van der Waals surface area contributed by atoms with E-state index in [1.807, 2.05) is 31.3 Å². The van der Waals surface area contributed by atoms with E-state index >= 15 is 0 Å². The highest BCUT2D eigenvalue weighted by Crippen LogP contribution is 2.56. The third-order valence-corrected chi connectivity index (χ3v) is 7.46. The maximum absolute atomic E-state index is 6.90. The van der Waals surface area contributed by atoms with Gasteiger partial charge >= 0.3 is 0 Å². The van der Waals surface area contributed by atoms with Crippen LogP contribution >= 0.6 is 0 Å². The average molecular weight is 453 g/mol. The lowest BCUT2D eigenvalue weighted by Gasteiger charge is -2.45. The number of hydrogen-bond acceptors (Lipinski definition) is 5. The number of anilines is 1. The molecule has 4 aromatic carbocycles. The largest absolute Gasteiger partial charge is 0.493 e. The molecular weight excluding hydrogens is 424 g/mol. The van der Waals surface area contributed by atoms with Crippen LogP contribution in [0.1, 0.15) is 26.3 Å². The Morgan fingerprint density at radius 3 is 2.53 bits per heavy atom. The van der Waals surface area contributed by atoms with E-state index < -0.39 is 5.72 Å². The van der Waals surface area contributed by atoms with E-state index in [0.29, 0.717) is 12.4 Å². The Kier molecular flexibility index (Phi) is 4.37. The van der Waals surface area contributed by atoms with Crippen molar-refractivity contribution in [2.75, 3.05) is 25.7 Å². The van der Waals surface area contributed by atoms with Crippen molar-refractivity contribution >= 4 is 39.1 Å². The summed E-state index contributed by atoms with van der Waals surface area (Å²) in [6.45, 7) is 7.04. The van der Waals surface area contributed by atoms with E-state index in [4.69, 9.17) is 19.2 Å². The Balaban J connectivity index is 1.52. The van der Waals surface area contributed by atoms with Crippen LogP contribution in [-0.2, 0) is 5.41 Å². The summed E-state index contributed by atoms with van der Waals surface area (Å²) in [5.74, 6) is 2.18. The molecule has 0 saturated carbocycles. The second-order valence-corrected chi connectivity index (χ2v) is 9.49. The Bertz CT molecular complexity index is 1490. The van der Waals surface area contributed by atoms with Crippen LogP contribution in [0.2, 0.25) is 0 Å². The van der Waals surface area contributed by atoms with Crippen molar-refractivity contribution in [3.8, 4) is 17.2 Å². The van der Waals surface area contributed by atoms with Gasteiger partial charge in [-0.25, -0.2) is 0 Å². The third kappa shape index (κ3) is 2.58. The van der Waals surface area contributed by atoms with Gasteiger partial charge in [0.15, 0.2) is 11.5 Å². The Morgan fingerprint density at radius 1 is 0.941 bits per heavy atom. The summed E-state index contributed by atoms with van der Waals surface area (Å²) >= 11 is 0. The standard InChI is InChI=1S/C29H28N2O3/c1-6-33-25-15-19-12-14-23-27(21(19)16-24(25)32-5)30-17-29(34-23)28(2,3)26-20-10-8-7-9-18(20)11-13-22(26)31(29)4/h7-17H,6H2,1-5H3. The molecule has 0 fully saturated rings. The number of fused-ring (bicyclic) bond motifs is 6. The van der Waals surface area contributed by atoms with Crippen LogP contribution in [0.3, 0.4) is 0 Å². The molecule has 0 amide bonds. The Labute approximate surface area is 199 Å². The van der Waals surface area contributed by atoms with E-state index in [9.17, 15) is 0 Å². The molecule has 1 unspecified atom stereocenters. The fourth-order valence-electron chi connectivity index (χ4n) is 5.70. The predicted octanol–water partition coefficient (Wildman–Crippen LogP) is 6.62. The van der Waals surface area contributed by atoms with E-state index in [2.05, 4.69) is 68.3 Å². The van der Waals surface area contributed by atoms with Crippen molar-refractivity contribution in [1.82, 2.24) is 0 Å². The molecule has 2 aliphatic rings. The summed E-state index contributed by atoms with van der Waals surface area (Å²) in [6, 6.07) is 21.0. The highest BCUT2D eigenvalue weighted by Gasteiger charge is 2.59. The molecule has 5 heteroatoms. The van der Waals surface area contributed by atoms with Gasteiger partial charge in [0.05, 0.1) is 25.3 Å². The van der Waals surface area contributed by atoms with Crippen molar-refractivity contribution in [2.45, 2.75) is 31.9 Å². The normalized spacial score (nSPS) is 19.9. The maximum Gasteiger partial charge on any atom is 0.228 e. The smallest absolute Gasteiger partial charge is 0.228 e. The van der Waals surface area contributed by atoms with Crippen molar-refractivity contribution in [3.63, 3.8) is 0 Å². The topological polar surface area (TPSA) is 43.3 Å². The number of aliphatic imine (C=N–C) groups is 1. The van der Waals surface area contributed by atoms with Gasteiger partial charge in [0.2, 0.25) is 5.72 Å². The summed E-state index contributed by atoms with van der Waals surface area (Å²) in [5, 5.41) is 4.50. The third-order valence-electron chi connectivity index (χ3n) is 7.46. The van der Waals surface area contributed by atoms with Gasteiger partial charge in [-0.1, -0.05) is 36.4 Å². The van der Waals surface area contributed by atoms with Crippen molar-refractivity contribution in [3.05, 3.63) is 66.2 Å². The fraction of sp³-hybridized carbons (Fsp3) is 0.276. The lowest BCUT2D eigenvalue weighted by molar-refractivity contribution is 0.0831. The predicted molar refractivity (Wildman–Crippen MR) is 139 cm³/mol. The monoisotopic (exact) mass is 452 g/mol. The van der Waals surface area contributed by atoms with Gasteiger partial charge in [-0.15, -0.1) is 0 Å². The van der Waals surface area contributed by atoms with Crippen LogP contribution < -0.4 is 19.1 Å². The minimum Gasteiger partial charge on any atom is -0.493 e. The summed E-state index contributed by atoms with van der Waals surface area (Å²) in [4.78, 5) is 7.25. The second kappa shape index (κ2) is 7.13. The summed E-state index contributed by atoms with van der Waals surface area (Å²) in [6.07, 6.45) is 1.98. The molecule has 172 valence electrons. The molecule has 6 rings (SSSR count). The summed E-state index contributed by atoms with van der Waals surface area (Å²) < 4.78 is 18.3. The van der Waals surface area contributed by atoms with E-state index in [0.717, 1.165) is 28.0 Å². The summed E-state index contributed by atoms with van der Waals surface area (Å²) in [7, 11) is 3.75. The molecule has 0 saturated heterocycles. The first kappa shape index (κ1) is 20.8. The molecular formula is C29H28N2O3. The molecule has 0 aromatic heterocycles. The molecule has 5 nitrogen and oxygen atoms in total. The Hall–Kier alpha value is -3.73. The lowest BCUT2D eigenvalue weighted by atomic mass is 9.76. The van der Waals surface area contributed by atoms with Crippen LogP contribution in [0, 0.1) is 0 Å². The zero-order valence-electron chi connectivity index (χ0n) is 20.2. The number of rotatable bonds is 3. The first-order valence-corrected chi connectivity index (χ1v) is 11.7. The van der Waals surface area contributed by atoms with Crippen LogP contribution in [-0.4, -0.2) is 32.7 Å². The molecule has 0 bridgehead atoms. The van der Waals surface area contributed by atoms with Gasteiger partial charge in [-0.2, -0.15) is 0 Å². The number of hydrogen-bond donors (Lipinski definition) is 0. The number of methoxy groups -OCH3 is 1. The Morgan fingerprint density at radius 2 is 1.74 bits per heavy atom. The lowest BCUT2D eigenvalue weighted by Crippen LogP contribution is -2.61. The molecule has 0 radical (unpaired) electrons. The molecule has 2 heterocycles. The maximum atomic E-state index is 6.90. The van der Waals surface area contributed by atoms with E-state index in [-0.39, 0.29) is 5.41 Å². The van der Waals surface area contributed by atoms with Crippen molar-refractivity contribution < 1.29 is 14.2 Å². The van der Waals surface area contributed by atoms with Gasteiger partial charge in [0.1, 0.15) is 11.4 Å². The highest BCUT2D eigenvalue weighted by molar-refractivity contribution is 6.03. The van der Waals surface area contributed by atoms with Crippen molar-refractivity contribution in [2.24, 2.45) is 4.99 Å². The molecule has 2 aliphatic heterocycles. The highest BCUT2D eigenvalue weighted by atomic mass is 16.5. The molecule has 34 heavy (non-hydrogen) atoms. The minimum absolute atomic E-state index is 0.343. The number of likely N-dealkylation sites (N-methyl/N-ethyl adjacent to an activating group) is 1. The van der Waals surface area contributed by atoms with Crippen LogP contribution in [0.15, 0.2) is 65.7 Å². The molecule has 0 N–H and O–H groups in total. The fourth-order valence-corrected chi connectivity index (χ4v) is 5.70. The quantitative estimate of drug-likeness (QED) is 0.350. The zero-order valence-corrected chi connectivity index (χ0v) is 20.2. The van der Waals surface area contributed by atoms with Gasteiger partial charge in [-0.3, -0.25) is 4.99 Å². The van der Waals surface area contributed by atoms with E-state index in [1.54, 1.807) is 7.11 Å². The minimum atomic E-state index is -0.741. The summed E-state index contributed by atoms with van der Waals surface area (Å²) in [5.41, 5.74) is 2.18. The van der Waals surface area contributed by atoms with Crippen LogP contribution in [0.5, 0.6) is 17.2 Å². The van der Waals surface area contributed by atoms with Gasteiger partial charge in [0.25, 0.3) is 0 Å². The van der Waals surface area contributed by atoms with Crippen LogP contribution in [0.4, 0.5) is 11.4 Å². The number of nitrogens with zero attached hydrogens (tertiary/aromatic N) is 2. The molecule has 4 aromatic rings. The van der Waals surface area contributed by atoms with E-state index in [1.165, 1.54) is 22.0 Å². The van der Waals surface area contributed by atoms with Crippen LogP contribution in [0.25, 0.3) is 21.5 Å². The van der Waals surface area contributed by atoms with Crippen molar-refractivity contribution in [1.29, 1.82) is 0 Å². The number of ether oxygens (including phenoxy) is 3. The van der Waals surface area contributed by atoms with Gasteiger partial charge < -0.3 is 19.1 Å². The first-order valence-electron chi connectivity index (χ1n) is 11.7. The van der Waals surface area contributed by atoms with Gasteiger partial charge in [0, 0.05) is 18.1 Å². The zero-order chi connectivity index (χ0) is 23.7. The molecule has 0 aliphatic carbocycles. The average Bonchev–Trinajstić information content (AvgIpc) is 3.01. The first-order chi connectivity index (χ1) is 16.4.